The van der Waals surface area contributed by atoms with E-state index in [2.05, 4.69) is 52.7 Å². The number of rotatable bonds is 61. The highest BCUT2D eigenvalue weighted by atomic mass is 16.5. The van der Waals surface area contributed by atoms with E-state index in [1.807, 2.05) is 4.90 Å². The summed E-state index contributed by atoms with van der Waals surface area (Å²) in [6.45, 7) is 6.04. The molecule has 8 N–H and O–H groups in total. The van der Waals surface area contributed by atoms with Gasteiger partial charge >= 0.3 is 5.97 Å². The van der Waals surface area contributed by atoms with Crippen molar-refractivity contribution in [1.82, 2.24) is 41.7 Å². The number of hydrogen-bond acceptors (Lipinski definition) is 12. The lowest BCUT2D eigenvalue weighted by molar-refractivity contribution is -0.144. The Morgan fingerprint density at radius 1 is 0.455 bits per heavy atom. The van der Waals surface area contributed by atoms with Gasteiger partial charge in [0.1, 0.15) is 31.8 Å². The standard InChI is InChI=1S/C68H127N9O11/c1-4-7-10-13-15-17-19-21-23-25-27-29-31-33-35-40-47-76(48-41-36-34-32-30-28-26-24-22-20-18-16-14-11-8-5-2)65(83)57-87-56-63(81)71-52-60(78)70-51-61(79)72-54-64(82)77-49-43-45-59(77)68(86)75-58(44-38-39-46-69)67(85)74-53-62(80)73-55-66(84)88-50-42-37-12-9-6-3/h58-59H,4-57,69H2,1-3H3,(H,70,78)(H,71,81)(H,72,79)(H,73,80)(H,74,85)(H,75,86)/t58-,59-/m0/s1. The maximum absolute atomic E-state index is 13.5. The van der Waals surface area contributed by atoms with Gasteiger partial charge in [-0.25, -0.2) is 0 Å². The Morgan fingerprint density at radius 3 is 1.31 bits per heavy atom. The highest BCUT2D eigenvalue weighted by molar-refractivity contribution is 5.95. The van der Waals surface area contributed by atoms with Crippen LogP contribution in [0.4, 0.5) is 0 Å². The summed E-state index contributed by atoms with van der Waals surface area (Å²) in [7, 11) is 0. The van der Waals surface area contributed by atoms with Crippen molar-refractivity contribution >= 4 is 53.2 Å². The van der Waals surface area contributed by atoms with Gasteiger partial charge in [0.2, 0.25) is 47.3 Å². The number of carbonyl (C=O) groups excluding carboxylic acids is 9. The Kier molecular flexibility index (Phi) is 54.0. The van der Waals surface area contributed by atoms with Crippen LogP contribution in [-0.4, -0.2) is 154 Å². The first-order valence-electron chi connectivity index (χ1n) is 35.5. The summed E-state index contributed by atoms with van der Waals surface area (Å²) in [6.07, 6.45) is 48.2. The summed E-state index contributed by atoms with van der Waals surface area (Å²) in [6, 6.07) is -1.95. The van der Waals surface area contributed by atoms with E-state index >= 15 is 0 Å². The molecule has 1 aliphatic heterocycles. The van der Waals surface area contributed by atoms with Crippen LogP contribution in [0.5, 0.6) is 0 Å². The van der Waals surface area contributed by atoms with E-state index in [0.717, 1.165) is 70.6 Å². The first-order valence-corrected chi connectivity index (χ1v) is 35.5. The minimum absolute atomic E-state index is 0.149. The molecule has 88 heavy (non-hydrogen) atoms. The van der Waals surface area contributed by atoms with E-state index in [0.29, 0.717) is 45.3 Å². The maximum atomic E-state index is 13.5. The highest BCUT2D eigenvalue weighted by Crippen LogP contribution is 2.19. The first-order chi connectivity index (χ1) is 42.9. The lowest BCUT2D eigenvalue weighted by Gasteiger charge is -2.26. The van der Waals surface area contributed by atoms with Gasteiger partial charge in [0, 0.05) is 19.6 Å². The van der Waals surface area contributed by atoms with Crippen molar-refractivity contribution in [2.45, 2.75) is 303 Å². The molecule has 0 bridgehead atoms. The zero-order chi connectivity index (χ0) is 64.3. The molecule has 0 aromatic carbocycles. The molecular formula is C68H127N9O11. The average Bonchev–Trinajstić information content (AvgIpc) is 4.15. The molecule has 0 radical (unpaired) electrons. The second-order valence-corrected chi connectivity index (χ2v) is 24.5. The number of nitrogens with two attached hydrogens (primary N) is 1. The van der Waals surface area contributed by atoms with Gasteiger partial charge in [-0.05, 0) is 57.9 Å². The van der Waals surface area contributed by atoms with Gasteiger partial charge in [-0.3, -0.25) is 43.2 Å². The van der Waals surface area contributed by atoms with Crippen molar-refractivity contribution in [3.63, 3.8) is 0 Å². The lowest BCUT2D eigenvalue weighted by atomic mass is 10.0. The third-order valence-corrected chi connectivity index (χ3v) is 16.5. The molecule has 0 aliphatic carbocycles. The average molecular weight is 1250 g/mol. The SMILES string of the molecule is CCCCCCCCCCCCCCCCCCN(CCCCCCCCCCCCCCCCCC)C(=O)COCC(=O)NCC(=O)NCC(=O)NCC(=O)N1CCC[C@H]1C(=O)N[C@@H](CCCCN)C(=O)NCC(=O)NCC(=O)OCCCCCCC. The van der Waals surface area contributed by atoms with Crippen molar-refractivity contribution in [1.29, 1.82) is 0 Å². The van der Waals surface area contributed by atoms with Crippen LogP contribution in [0.3, 0.4) is 0 Å². The monoisotopic (exact) mass is 1250 g/mol. The Morgan fingerprint density at radius 2 is 0.852 bits per heavy atom. The summed E-state index contributed by atoms with van der Waals surface area (Å²) in [5.41, 5.74) is 5.67. The molecular weight excluding hydrogens is 1120 g/mol. The molecule has 1 rings (SSSR count). The number of likely N-dealkylation sites (tertiary alicyclic amines) is 1. The Bertz CT molecular complexity index is 1810. The molecule has 0 aromatic heterocycles. The highest BCUT2D eigenvalue weighted by Gasteiger charge is 2.36. The minimum Gasteiger partial charge on any atom is -0.464 e. The lowest BCUT2D eigenvalue weighted by Crippen LogP contribution is -2.55. The number of esters is 1. The molecule has 20 heteroatoms. The number of carbonyl (C=O) groups is 9. The van der Waals surface area contributed by atoms with E-state index in [-0.39, 0.29) is 38.6 Å². The van der Waals surface area contributed by atoms with Gasteiger partial charge in [0.05, 0.1) is 32.8 Å². The second kappa shape index (κ2) is 58.5. The van der Waals surface area contributed by atoms with Crippen LogP contribution in [-0.2, 0) is 52.6 Å². The molecule has 0 spiro atoms. The molecule has 1 fully saturated rings. The molecule has 2 atom stereocenters. The van der Waals surface area contributed by atoms with Gasteiger partial charge in [-0.2, -0.15) is 0 Å². The molecule has 0 saturated carbocycles. The van der Waals surface area contributed by atoms with E-state index in [1.54, 1.807) is 0 Å². The molecule has 510 valence electrons. The normalized spacial score (nSPS) is 13.2. The van der Waals surface area contributed by atoms with Crippen LogP contribution in [0.15, 0.2) is 0 Å². The van der Waals surface area contributed by atoms with Gasteiger partial charge in [-0.1, -0.05) is 239 Å². The predicted molar refractivity (Wildman–Crippen MR) is 351 cm³/mol. The second-order valence-electron chi connectivity index (χ2n) is 24.5. The molecule has 1 aliphatic rings. The number of unbranched alkanes of at least 4 members (excludes halogenated alkanes) is 35. The molecule has 1 heterocycles. The smallest absolute Gasteiger partial charge is 0.325 e. The number of nitrogens with one attached hydrogen (secondary N) is 6. The minimum atomic E-state index is -1.03. The van der Waals surface area contributed by atoms with Crippen LogP contribution in [0.25, 0.3) is 0 Å². The number of nitrogens with zero attached hydrogens (tertiary/aromatic N) is 2. The largest absolute Gasteiger partial charge is 0.464 e. The summed E-state index contributed by atoms with van der Waals surface area (Å²) in [4.78, 5) is 119. The van der Waals surface area contributed by atoms with Crippen molar-refractivity contribution in [2.75, 3.05) is 78.7 Å². The Hall–Kier alpha value is -4.85. The zero-order valence-electron chi connectivity index (χ0n) is 55.8. The van der Waals surface area contributed by atoms with Gasteiger partial charge < -0.3 is 56.9 Å². The summed E-state index contributed by atoms with van der Waals surface area (Å²) >= 11 is 0. The van der Waals surface area contributed by atoms with Gasteiger partial charge in [-0.15, -0.1) is 0 Å². The fraction of sp³-hybridized carbons (Fsp3) is 0.868. The topological polar surface area (TPSA) is 277 Å². The van der Waals surface area contributed by atoms with Crippen molar-refractivity contribution in [3.8, 4) is 0 Å². The van der Waals surface area contributed by atoms with Crippen LogP contribution in [0.1, 0.15) is 290 Å². The molecule has 0 unspecified atom stereocenters. The fourth-order valence-corrected chi connectivity index (χ4v) is 11.0. The first kappa shape index (κ1) is 81.2. The molecule has 20 nitrogen and oxygen atoms in total. The third kappa shape index (κ3) is 47.1. The van der Waals surface area contributed by atoms with Crippen molar-refractivity contribution < 1.29 is 52.6 Å². The molecule has 8 amide bonds. The number of amides is 8. The molecule has 1 saturated heterocycles. The van der Waals surface area contributed by atoms with E-state index in [9.17, 15) is 43.2 Å². The fourth-order valence-electron chi connectivity index (χ4n) is 11.0. The van der Waals surface area contributed by atoms with E-state index in [1.165, 1.54) is 172 Å². The molecule has 0 aromatic rings. The van der Waals surface area contributed by atoms with Crippen LogP contribution >= 0.6 is 0 Å². The number of hydrogen-bond donors (Lipinski definition) is 7. The quantitative estimate of drug-likeness (QED) is 0.0221. The van der Waals surface area contributed by atoms with E-state index in [4.69, 9.17) is 15.2 Å². The van der Waals surface area contributed by atoms with Crippen molar-refractivity contribution in [3.05, 3.63) is 0 Å². The van der Waals surface area contributed by atoms with Crippen LogP contribution < -0.4 is 37.6 Å². The van der Waals surface area contributed by atoms with Crippen LogP contribution in [0.2, 0.25) is 0 Å². The summed E-state index contributed by atoms with van der Waals surface area (Å²) < 4.78 is 10.7. The predicted octanol–water partition coefficient (Wildman–Crippen LogP) is 10.1. The van der Waals surface area contributed by atoms with Gasteiger partial charge in [0.15, 0.2) is 0 Å². The summed E-state index contributed by atoms with van der Waals surface area (Å²) in [5, 5.41) is 15.0. The van der Waals surface area contributed by atoms with Gasteiger partial charge in [0.25, 0.3) is 0 Å². The maximum Gasteiger partial charge on any atom is 0.325 e. The van der Waals surface area contributed by atoms with Crippen molar-refractivity contribution in [2.24, 2.45) is 5.73 Å². The third-order valence-electron chi connectivity index (χ3n) is 16.5. The zero-order valence-corrected chi connectivity index (χ0v) is 55.8. The van der Waals surface area contributed by atoms with Crippen LogP contribution in [0, 0.1) is 0 Å². The Balaban J connectivity index is 2.50. The summed E-state index contributed by atoms with van der Waals surface area (Å²) in [5.74, 6) is -4.98. The number of ether oxygens (including phenoxy) is 2. The Labute approximate surface area is 532 Å². The van der Waals surface area contributed by atoms with E-state index < -0.39 is 92.2 Å².